The van der Waals surface area contributed by atoms with Gasteiger partial charge >= 0.3 is 0 Å². The van der Waals surface area contributed by atoms with Crippen LogP contribution in [0.2, 0.25) is 0 Å². The molecule has 0 aromatic heterocycles. The lowest BCUT2D eigenvalue weighted by Crippen LogP contribution is -2.37. The minimum Gasteiger partial charge on any atom is -0.353 e. The molecule has 0 aliphatic carbocycles. The summed E-state index contributed by atoms with van der Waals surface area (Å²) in [6.45, 7) is 0. The van der Waals surface area contributed by atoms with E-state index in [0.29, 0.717) is 11.4 Å². The number of carbonyl (C=O) groups excluding carboxylic acids is 1. The van der Waals surface area contributed by atoms with Crippen molar-refractivity contribution < 1.29 is 4.79 Å². The van der Waals surface area contributed by atoms with Gasteiger partial charge in [0.1, 0.15) is 0 Å². The van der Waals surface area contributed by atoms with Gasteiger partial charge in [0, 0.05) is 6.04 Å². The number of thioether (sulfide) groups is 1. The van der Waals surface area contributed by atoms with Crippen molar-refractivity contribution in [3.63, 3.8) is 0 Å². The molecule has 1 fully saturated rings. The first kappa shape index (κ1) is 9.39. The van der Waals surface area contributed by atoms with Crippen molar-refractivity contribution in [1.82, 2.24) is 5.32 Å². The van der Waals surface area contributed by atoms with Gasteiger partial charge in [0.25, 0.3) is 0 Å². The van der Waals surface area contributed by atoms with E-state index in [0.717, 1.165) is 12.8 Å². The molecule has 0 bridgehead atoms. The number of rotatable bonds is 2. The number of carbonyl (C=O) groups is 1. The molecule has 4 heteroatoms. The molecule has 0 aromatic carbocycles. The molecule has 1 saturated heterocycles. The molecule has 1 aliphatic heterocycles. The Hall–Kier alpha value is 0.300. The molecule has 0 saturated carbocycles. The fraction of sp³-hybridized carbons (Fsp3) is 0.857. The first-order valence-electron chi connectivity index (χ1n) is 3.76. The Bertz CT molecular complexity index is 136. The number of amides is 1. The molecule has 1 amide bonds. The van der Waals surface area contributed by atoms with Crippen LogP contribution in [0.4, 0.5) is 0 Å². The summed E-state index contributed by atoms with van der Waals surface area (Å²) in [6, 6.07) is 0.432. The van der Waals surface area contributed by atoms with Crippen molar-refractivity contribution in [2.75, 3.05) is 16.8 Å². The van der Waals surface area contributed by atoms with E-state index in [1.54, 1.807) is 0 Å². The number of halogens is 1. The van der Waals surface area contributed by atoms with Gasteiger partial charge in [0.2, 0.25) is 5.91 Å². The van der Waals surface area contributed by atoms with Gasteiger partial charge in [-0.25, -0.2) is 0 Å². The van der Waals surface area contributed by atoms with E-state index in [1.807, 2.05) is 11.8 Å². The van der Waals surface area contributed by atoms with Crippen LogP contribution in [0.25, 0.3) is 0 Å². The van der Waals surface area contributed by atoms with E-state index in [2.05, 4.69) is 21.2 Å². The van der Waals surface area contributed by atoms with Crippen molar-refractivity contribution in [1.29, 1.82) is 0 Å². The van der Waals surface area contributed by atoms with Crippen molar-refractivity contribution in [2.24, 2.45) is 0 Å². The molecule has 0 radical (unpaired) electrons. The topological polar surface area (TPSA) is 29.1 Å². The first-order valence-corrected chi connectivity index (χ1v) is 6.03. The third kappa shape index (κ3) is 3.47. The number of hydrogen-bond donors (Lipinski definition) is 1. The van der Waals surface area contributed by atoms with E-state index >= 15 is 0 Å². The molecule has 2 nitrogen and oxygen atoms in total. The standard InChI is InChI=1S/C7H12BrNOS/c8-5-7(10)9-6-1-3-11-4-2-6/h6H,1-5H2,(H,9,10). The summed E-state index contributed by atoms with van der Waals surface area (Å²) in [4.78, 5) is 10.9. The van der Waals surface area contributed by atoms with Crippen LogP contribution in [0.5, 0.6) is 0 Å². The zero-order valence-corrected chi connectivity index (χ0v) is 8.71. The lowest BCUT2D eigenvalue weighted by molar-refractivity contribution is -0.119. The fourth-order valence-electron chi connectivity index (χ4n) is 1.11. The molecule has 1 N–H and O–H groups in total. The summed E-state index contributed by atoms with van der Waals surface area (Å²) in [5, 5.41) is 3.40. The quantitative estimate of drug-likeness (QED) is 0.736. The summed E-state index contributed by atoms with van der Waals surface area (Å²) in [5.74, 6) is 2.49. The first-order chi connectivity index (χ1) is 5.33. The second-order valence-electron chi connectivity index (χ2n) is 2.59. The predicted molar refractivity (Wildman–Crippen MR) is 52.3 cm³/mol. The molecule has 0 unspecified atom stereocenters. The van der Waals surface area contributed by atoms with E-state index in [1.165, 1.54) is 11.5 Å². The van der Waals surface area contributed by atoms with Gasteiger partial charge in [-0.1, -0.05) is 15.9 Å². The number of alkyl halides is 1. The Morgan fingerprint density at radius 3 is 2.73 bits per heavy atom. The van der Waals surface area contributed by atoms with Gasteiger partial charge in [-0.3, -0.25) is 4.79 Å². The summed E-state index contributed by atoms with van der Waals surface area (Å²) in [5.41, 5.74) is 0. The van der Waals surface area contributed by atoms with E-state index < -0.39 is 0 Å². The highest BCUT2D eigenvalue weighted by molar-refractivity contribution is 9.09. The third-order valence-electron chi connectivity index (χ3n) is 1.71. The van der Waals surface area contributed by atoms with Crippen LogP contribution in [-0.2, 0) is 4.79 Å². The summed E-state index contributed by atoms with van der Waals surface area (Å²) < 4.78 is 0. The third-order valence-corrected chi connectivity index (χ3v) is 3.27. The molecule has 0 atom stereocenters. The Kier molecular flexibility index (Phi) is 4.30. The molecule has 0 spiro atoms. The van der Waals surface area contributed by atoms with Crippen LogP contribution >= 0.6 is 27.7 Å². The molecule has 64 valence electrons. The largest absolute Gasteiger partial charge is 0.353 e. The second-order valence-corrected chi connectivity index (χ2v) is 4.37. The van der Waals surface area contributed by atoms with Gasteiger partial charge in [-0.15, -0.1) is 0 Å². The Labute approximate surface area is 79.6 Å². The molecule has 11 heavy (non-hydrogen) atoms. The average molecular weight is 238 g/mol. The predicted octanol–water partition coefficient (Wildman–Crippen LogP) is 1.39. The molecule has 1 aliphatic rings. The average Bonchev–Trinajstić information content (AvgIpc) is 2.06. The van der Waals surface area contributed by atoms with Gasteiger partial charge in [-0.05, 0) is 24.3 Å². The zero-order chi connectivity index (χ0) is 8.10. The van der Waals surface area contributed by atoms with Crippen LogP contribution in [0.3, 0.4) is 0 Å². The Balaban J connectivity index is 2.19. The molecule has 1 rings (SSSR count). The van der Waals surface area contributed by atoms with Crippen molar-refractivity contribution >= 4 is 33.6 Å². The summed E-state index contributed by atoms with van der Waals surface area (Å²) in [7, 11) is 0. The highest BCUT2D eigenvalue weighted by Gasteiger charge is 2.14. The van der Waals surface area contributed by atoms with Crippen LogP contribution in [0.15, 0.2) is 0 Å². The summed E-state index contributed by atoms with van der Waals surface area (Å²) >= 11 is 5.09. The SMILES string of the molecule is O=C(CBr)NC1CCSCC1. The maximum absolute atomic E-state index is 10.9. The maximum atomic E-state index is 10.9. The van der Waals surface area contributed by atoms with Gasteiger partial charge in [-0.2, -0.15) is 11.8 Å². The fourth-order valence-corrected chi connectivity index (χ4v) is 2.38. The van der Waals surface area contributed by atoms with E-state index in [4.69, 9.17) is 0 Å². The number of nitrogens with one attached hydrogen (secondary N) is 1. The number of hydrogen-bond acceptors (Lipinski definition) is 2. The normalized spacial score (nSPS) is 19.7. The molecular formula is C7H12BrNOS. The van der Waals surface area contributed by atoms with Gasteiger partial charge in [0.15, 0.2) is 0 Å². The zero-order valence-electron chi connectivity index (χ0n) is 6.31. The van der Waals surface area contributed by atoms with Crippen LogP contribution in [-0.4, -0.2) is 28.8 Å². The van der Waals surface area contributed by atoms with Crippen LogP contribution < -0.4 is 5.32 Å². The van der Waals surface area contributed by atoms with Gasteiger partial charge < -0.3 is 5.32 Å². The van der Waals surface area contributed by atoms with E-state index in [9.17, 15) is 4.79 Å². The van der Waals surface area contributed by atoms with Crippen molar-refractivity contribution in [2.45, 2.75) is 18.9 Å². The van der Waals surface area contributed by atoms with Crippen molar-refractivity contribution in [3.05, 3.63) is 0 Å². The minimum absolute atomic E-state index is 0.113. The van der Waals surface area contributed by atoms with Gasteiger partial charge in [0.05, 0.1) is 5.33 Å². The van der Waals surface area contributed by atoms with Crippen LogP contribution in [0.1, 0.15) is 12.8 Å². The lowest BCUT2D eigenvalue weighted by atomic mass is 10.1. The maximum Gasteiger partial charge on any atom is 0.230 e. The monoisotopic (exact) mass is 237 g/mol. The highest BCUT2D eigenvalue weighted by atomic mass is 79.9. The summed E-state index contributed by atoms with van der Waals surface area (Å²) in [6.07, 6.45) is 2.26. The minimum atomic E-state index is 0.113. The van der Waals surface area contributed by atoms with E-state index in [-0.39, 0.29) is 5.91 Å². The molecule has 0 aromatic rings. The molecule has 1 heterocycles. The Morgan fingerprint density at radius 1 is 1.55 bits per heavy atom. The Morgan fingerprint density at radius 2 is 2.18 bits per heavy atom. The highest BCUT2D eigenvalue weighted by Crippen LogP contribution is 2.16. The lowest BCUT2D eigenvalue weighted by Gasteiger charge is -2.21. The van der Waals surface area contributed by atoms with Crippen molar-refractivity contribution in [3.8, 4) is 0 Å². The smallest absolute Gasteiger partial charge is 0.230 e. The molecular weight excluding hydrogens is 226 g/mol. The van der Waals surface area contributed by atoms with Crippen LogP contribution in [0, 0.1) is 0 Å². The second kappa shape index (κ2) is 5.04.